The summed E-state index contributed by atoms with van der Waals surface area (Å²) in [5.41, 5.74) is 6.88. The van der Waals surface area contributed by atoms with Gasteiger partial charge in [-0.3, -0.25) is 4.99 Å². The molecule has 0 bridgehead atoms. The first-order valence-corrected chi connectivity index (χ1v) is 8.07. The maximum atomic E-state index is 13.0. The van der Waals surface area contributed by atoms with Crippen molar-refractivity contribution in [3.8, 4) is 0 Å². The molecule has 0 aromatic heterocycles. The van der Waals surface area contributed by atoms with Crippen molar-refractivity contribution < 1.29 is 14.2 Å². The van der Waals surface area contributed by atoms with Crippen LogP contribution < -0.4 is 5.73 Å². The van der Waals surface area contributed by atoms with E-state index in [4.69, 9.17) is 10.5 Å². The lowest BCUT2D eigenvalue weighted by Gasteiger charge is -2.32. The van der Waals surface area contributed by atoms with Crippen molar-refractivity contribution in [3.05, 3.63) is 35.6 Å². The molecule has 1 heterocycles. The van der Waals surface area contributed by atoms with Gasteiger partial charge in [0.05, 0.1) is 25.9 Å². The number of benzene rings is 1. The summed E-state index contributed by atoms with van der Waals surface area (Å²) in [4.78, 5) is 6.53. The maximum Gasteiger partial charge on any atom is 0.191 e. The second kappa shape index (κ2) is 6.45. The standard InChI is InChI=1S/C17H24FN3O2/c1-12-9-21(6-7-23-12)16(19)20-10-17(11-22)8-15(17)13-2-4-14(18)5-3-13/h2-5,12,15,22H,6-11H2,1H3,(H2,19,20). The molecule has 5 nitrogen and oxygen atoms in total. The molecule has 3 rings (SSSR count). The largest absolute Gasteiger partial charge is 0.396 e. The summed E-state index contributed by atoms with van der Waals surface area (Å²) in [6, 6.07) is 6.49. The molecule has 1 aromatic rings. The molecule has 3 N–H and O–H groups in total. The third-order valence-corrected chi connectivity index (χ3v) is 4.90. The van der Waals surface area contributed by atoms with Crippen molar-refractivity contribution in [2.24, 2.45) is 16.1 Å². The van der Waals surface area contributed by atoms with E-state index in [1.54, 1.807) is 12.1 Å². The summed E-state index contributed by atoms with van der Waals surface area (Å²) in [6.45, 7) is 4.70. The molecule has 0 amide bonds. The zero-order valence-electron chi connectivity index (χ0n) is 13.4. The van der Waals surface area contributed by atoms with Gasteiger partial charge in [-0.05, 0) is 37.0 Å². The maximum absolute atomic E-state index is 13.0. The van der Waals surface area contributed by atoms with Gasteiger partial charge in [-0.2, -0.15) is 0 Å². The normalized spacial score (nSPS) is 31.3. The van der Waals surface area contributed by atoms with Crippen molar-refractivity contribution in [3.63, 3.8) is 0 Å². The van der Waals surface area contributed by atoms with E-state index < -0.39 is 0 Å². The first kappa shape index (κ1) is 16.2. The summed E-state index contributed by atoms with van der Waals surface area (Å²) in [5.74, 6) is 0.485. The molecule has 0 radical (unpaired) electrons. The minimum absolute atomic E-state index is 0.0609. The summed E-state index contributed by atoms with van der Waals surface area (Å²) < 4.78 is 18.5. The highest BCUT2D eigenvalue weighted by atomic mass is 19.1. The molecule has 1 aliphatic carbocycles. The molecule has 3 unspecified atom stereocenters. The van der Waals surface area contributed by atoms with Gasteiger partial charge in [0.2, 0.25) is 0 Å². The third-order valence-electron chi connectivity index (χ3n) is 4.90. The van der Waals surface area contributed by atoms with Crippen LogP contribution in [0.5, 0.6) is 0 Å². The molecule has 23 heavy (non-hydrogen) atoms. The number of morpholine rings is 1. The number of hydrogen-bond acceptors (Lipinski definition) is 3. The van der Waals surface area contributed by atoms with Gasteiger partial charge in [-0.15, -0.1) is 0 Å². The second-order valence-corrected chi connectivity index (χ2v) is 6.63. The molecule has 1 saturated heterocycles. The average molecular weight is 321 g/mol. The predicted octanol–water partition coefficient (Wildman–Crippen LogP) is 1.33. The number of rotatable bonds is 4. The van der Waals surface area contributed by atoms with E-state index in [1.165, 1.54) is 12.1 Å². The molecule has 0 spiro atoms. The fourth-order valence-electron chi connectivity index (χ4n) is 3.28. The third kappa shape index (κ3) is 3.48. The summed E-state index contributed by atoms with van der Waals surface area (Å²) in [6.07, 6.45) is 1.00. The fourth-order valence-corrected chi connectivity index (χ4v) is 3.28. The van der Waals surface area contributed by atoms with E-state index in [-0.39, 0.29) is 29.9 Å². The van der Waals surface area contributed by atoms with E-state index >= 15 is 0 Å². The van der Waals surface area contributed by atoms with Crippen LogP contribution in [0.15, 0.2) is 29.3 Å². The molecular weight excluding hydrogens is 297 g/mol. The molecule has 2 fully saturated rings. The van der Waals surface area contributed by atoms with Gasteiger partial charge in [-0.25, -0.2) is 4.39 Å². The number of guanidine groups is 1. The van der Waals surface area contributed by atoms with Crippen molar-refractivity contribution in [2.75, 3.05) is 32.8 Å². The molecule has 1 saturated carbocycles. The Balaban J connectivity index is 1.64. The Hall–Kier alpha value is -1.66. The average Bonchev–Trinajstić information content (AvgIpc) is 3.28. The van der Waals surface area contributed by atoms with Gasteiger partial charge < -0.3 is 20.5 Å². The molecule has 3 atom stereocenters. The molecule has 1 aliphatic heterocycles. The molecule has 2 aliphatic rings. The molecule has 1 aromatic carbocycles. The van der Waals surface area contributed by atoms with Crippen molar-refractivity contribution in [1.29, 1.82) is 0 Å². The minimum atomic E-state index is -0.264. The highest BCUT2D eigenvalue weighted by molar-refractivity contribution is 5.78. The van der Waals surface area contributed by atoms with Gasteiger partial charge in [-0.1, -0.05) is 12.1 Å². The lowest BCUT2D eigenvalue weighted by Crippen LogP contribution is -2.48. The van der Waals surface area contributed by atoms with Crippen LogP contribution in [-0.4, -0.2) is 54.9 Å². The highest BCUT2D eigenvalue weighted by Gasteiger charge is 2.54. The van der Waals surface area contributed by atoms with Crippen molar-refractivity contribution >= 4 is 5.96 Å². The first-order chi connectivity index (χ1) is 11.0. The molecule has 126 valence electrons. The number of aliphatic hydroxyl groups is 1. The van der Waals surface area contributed by atoms with Crippen LogP contribution in [0, 0.1) is 11.2 Å². The minimum Gasteiger partial charge on any atom is -0.396 e. The monoisotopic (exact) mass is 321 g/mol. The van der Waals surface area contributed by atoms with Crippen LogP contribution in [0.1, 0.15) is 24.8 Å². The van der Waals surface area contributed by atoms with E-state index in [0.29, 0.717) is 19.1 Å². The van der Waals surface area contributed by atoms with Crippen LogP contribution in [-0.2, 0) is 4.74 Å². The SMILES string of the molecule is CC1CN(C(N)=NCC2(CO)CC2c2ccc(F)cc2)CCO1. The van der Waals surface area contributed by atoms with Gasteiger partial charge in [0.15, 0.2) is 5.96 Å². The Bertz CT molecular complexity index is 578. The number of hydrogen-bond donors (Lipinski definition) is 2. The number of aliphatic hydroxyl groups excluding tert-OH is 1. The van der Waals surface area contributed by atoms with E-state index in [1.807, 2.05) is 11.8 Å². The van der Waals surface area contributed by atoms with Crippen LogP contribution in [0.25, 0.3) is 0 Å². The number of aliphatic imine (C=N–C) groups is 1. The number of halogens is 1. The quantitative estimate of drug-likeness (QED) is 0.648. The molecular formula is C17H24FN3O2. The van der Waals surface area contributed by atoms with Gasteiger partial charge in [0, 0.05) is 18.5 Å². The number of ether oxygens (including phenoxy) is 1. The Labute approximate surface area is 136 Å². The van der Waals surface area contributed by atoms with Crippen LogP contribution >= 0.6 is 0 Å². The van der Waals surface area contributed by atoms with E-state index in [9.17, 15) is 9.50 Å². The topological polar surface area (TPSA) is 71.1 Å². The lowest BCUT2D eigenvalue weighted by atomic mass is 10.00. The summed E-state index contributed by atoms with van der Waals surface area (Å²) >= 11 is 0. The number of nitrogens with two attached hydrogens (primary N) is 1. The number of nitrogens with zero attached hydrogens (tertiary/aromatic N) is 2. The van der Waals surface area contributed by atoms with E-state index in [2.05, 4.69) is 4.99 Å². The van der Waals surface area contributed by atoms with Crippen LogP contribution in [0.4, 0.5) is 4.39 Å². The van der Waals surface area contributed by atoms with Gasteiger partial charge >= 0.3 is 0 Å². The van der Waals surface area contributed by atoms with E-state index in [0.717, 1.165) is 25.1 Å². The second-order valence-electron chi connectivity index (χ2n) is 6.63. The molecule has 6 heteroatoms. The Morgan fingerprint density at radius 2 is 2.22 bits per heavy atom. The van der Waals surface area contributed by atoms with Crippen LogP contribution in [0.3, 0.4) is 0 Å². The highest BCUT2D eigenvalue weighted by Crippen LogP contribution is 2.59. The Morgan fingerprint density at radius 1 is 1.48 bits per heavy atom. The zero-order chi connectivity index (χ0) is 16.4. The zero-order valence-corrected chi connectivity index (χ0v) is 13.4. The van der Waals surface area contributed by atoms with Gasteiger partial charge in [0.1, 0.15) is 5.82 Å². The Morgan fingerprint density at radius 3 is 2.87 bits per heavy atom. The fraction of sp³-hybridized carbons (Fsp3) is 0.588. The predicted molar refractivity (Wildman–Crippen MR) is 86.8 cm³/mol. The van der Waals surface area contributed by atoms with Crippen molar-refractivity contribution in [2.45, 2.75) is 25.4 Å². The summed E-state index contributed by atoms with van der Waals surface area (Å²) in [5, 5.41) is 9.79. The Kier molecular flexibility index (Phi) is 4.55. The van der Waals surface area contributed by atoms with Crippen LogP contribution in [0.2, 0.25) is 0 Å². The smallest absolute Gasteiger partial charge is 0.191 e. The van der Waals surface area contributed by atoms with Gasteiger partial charge in [0.25, 0.3) is 0 Å². The summed E-state index contributed by atoms with van der Waals surface area (Å²) in [7, 11) is 0. The van der Waals surface area contributed by atoms with Crippen molar-refractivity contribution in [1.82, 2.24) is 4.90 Å². The lowest BCUT2D eigenvalue weighted by molar-refractivity contribution is 0.00524. The first-order valence-electron chi connectivity index (χ1n) is 8.07.